The van der Waals surface area contributed by atoms with Gasteiger partial charge < -0.3 is 21.4 Å². The minimum Gasteiger partial charge on any atom is -0.443 e. The van der Waals surface area contributed by atoms with Crippen molar-refractivity contribution in [3.05, 3.63) is 60.7 Å². The lowest BCUT2D eigenvalue weighted by Crippen LogP contribution is -2.13. The summed E-state index contributed by atoms with van der Waals surface area (Å²) in [5.41, 5.74) is 10.00. The average Bonchev–Trinajstić information content (AvgIpc) is 3.17. The van der Waals surface area contributed by atoms with Crippen molar-refractivity contribution in [1.82, 2.24) is 4.98 Å². The molecule has 0 atom stereocenters. The Hall–Kier alpha value is -2.91. The summed E-state index contributed by atoms with van der Waals surface area (Å²) >= 11 is 6.21. The Morgan fingerprint density at radius 1 is 1.00 bits per heavy atom. The van der Waals surface area contributed by atoms with Gasteiger partial charge in [-0.1, -0.05) is 65.1 Å². The van der Waals surface area contributed by atoms with Crippen molar-refractivity contribution in [2.24, 2.45) is 16.6 Å². The molecule has 0 fully saturated rings. The van der Waals surface area contributed by atoms with Gasteiger partial charge in [0, 0.05) is 11.1 Å². The van der Waals surface area contributed by atoms with E-state index < -0.39 is 20.5 Å². The Kier molecular flexibility index (Phi) is 19.3. The van der Waals surface area contributed by atoms with Gasteiger partial charge in [0.1, 0.15) is 11.5 Å². The number of halogens is 1. The molecule has 0 bridgehead atoms. The highest BCUT2D eigenvalue weighted by Gasteiger charge is 2.20. The Labute approximate surface area is 215 Å². The molecule has 3 aromatic rings. The number of oxazole rings is 1. The van der Waals surface area contributed by atoms with Gasteiger partial charge in [-0.2, -0.15) is 0 Å². The third kappa shape index (κ3) is 14.9. The molecule has 3 rings (SSSR count). The Bertz CT molecular complexity index is 1120. The van der Waals surface area contributed by atoms with E-state index in [9.17, 15) is 12.8 Å². The van der Waals surface area contributed by atoms with Gasteiger partial charge in [-0.25, -0.2) is 22.9 Å². The first-order chi connectivity index (χ1) is 15.3. The SMILES string of the molecule is C.CCC.NC(=O)S.NC(=O)S.NS(=O)(=O)c1ccccc1-c1ocnc1-c1ccc(F)cc1.O. The lowest BCUT2D eigenvalue weighted by atomic mass is 10.1. The van der Waals surface area contributed by atoms with Crippen LogP contribution < -0.4 is 16.6 Å². The number of carbonyl (C=O) groups excluding carboxylic acids is 2. The van der Waals surface area contributed by atoms with Crippen LogP contribution in [0.1, 0.15) is 27.7 Å². The average molecular weight is 551 g/mol. The van der Waals surface area contributed by atoms with Gasteiger partial charge in [-0.05, 0) is 36.4 Å². The van der Waals surface area contributed by atoms with E-state index in [0.717, 1.165) is 0 Å². The van der Waals surface area contributed by atoms with E-state index in [1.165, 1.54) is 43.1 Å². The smallest absolute Gasteiger partial charge is 0.273 e. The maximum absolute atomic E-state index is 13.0. The molecule has 0 spiro atoms. The van der Waals surface area contributed by atoms with Crippen LogP contribution in [0.15, 0.2) is 64.2 Å². The highest BCUT2D eigenvalue weighted by atomic mass is 32.2. The van der Waals surface area contributed by atoms with Crippen LogP contribution in [-0.2, 0) is 10.0 Å². The summed E-state index contributed by atoms with van der Waals surface area (Å²) in [4.78, 5) is 22.2. The highest BCUT2D eigenvalue weighted by molar-refractivity contribution is 7.96. The van der Waals surface area contributed by atoms with Crippen molar-refractivity contribution in [3.8, 4) is 22.6 Å². The van der Waals surface area contributed by atoms with E-state index in [1.54, 1.807) is 18.2 Å². The summed E-state index contributed by atoms with van der Waals surface area (Å²) in [6.45, 7) is 4.25. The molecular formula is C21H31FN4O6S3. The molecule has 0 aliphatic heterocycles. The van der Waals surface area contributed by atoms with E-state index >= 15 is 0 Å². The fourth-order valence-electron chi connectivity index (χ4n) is 2.15. The second-order valence-corrected chi connectivity index (χ2v) is 8.37. The van der Waals surface area contributed by atoms with Gasteiger partial charge in [-0.3, -0.25) is 9.59 Å². The third-order valence-corrected chi connectivity index (χ3v) is 4.09. The summed E-state index contributed by atoms with van der Waals surface area (Å²) < 4.78 is 41.8. The van der Waals surface area contributed by atoms with Crippen LogP contribution in [0.4, 0.5) is 14.0 Å². The topological polar surface area (TPSA) is 204 Å². The van der Waals surface area contributed by atoms with Crippen molar-refractivity contribution >= 4 is 45.8 Å². The Morgan fingerprint density at radius 3 is 1.86 bits per heavy atom. The second kappa shape index (κ2) is 18.4. The minimum absolute atomic E-state index is 0. The zero-order chi connectivity index (χ0) is 25.6. The van der Waals surface area contributed by atoms with Crippen LogP contribution in [-0.4, -0.2) is 29.4 Å². The molecule has 0 saturated carbocycles. The first-order valence-electron chi connectivity index (χ1n) is 9.13. The lowest BCUT2D eigenvalue weighted by Gasteiger charge is -2.06. The predicted molar refractivity (Wildman–Crippen MR) is 142 cm³/mol. The zero-order valence-corrected chi connectivity index (χ0v) is 20.9. The van der Waals surface area contributed by atoms with Gasteiger partial charge in [0.05, 0.1) is 4.90 Å². The number of hydrogen-bond donors (Lipinski definition) is 5. The molecule has 14 heteroatoms. The number of nitrogens with zero attached hydrogens (tertiary/aromatic N) is 1. The number of hydrogen-bond acceptors (Lipinski definition) is 6. The summed E-state index contributed by atoms with van der Waals surface area (Å²) in [7, 11) is -3.91. The zero-order valence-electron chi connectivity index (χ0n) is 18.3. The number of sulfonamides is 1. The van der Waals surface area contributed by atoms with Crippen LogP contribution in [0.25, 0.3) is 22.6 Å². The predicted octanol–water partition coefficient (Wildman–Crippen LogP) is 4.01. The molecule has 0 saturated heterocycles. The number of amides is 2. The van der Waals surface area contributed by atoms with Crippen molar-refractivity contribution < 1.29 is 32.3 Å². The molecule has 2 amide bonds. The molecule has 1 aromatic heterocycles. The van der Waals surface area contributed by atoms with Gasteiger partial charge >= 0.3 is 0 Å². The van der Waals surface area contributed by atoms with Crippen LogP contribution in [0, 0.1) is 5.82 Å². The van der Waals surface area contributed by atoms with Crippen LogP contribution >= 0.6 is 25.3 Å². The fourth-order valence-corrected chi connectivity index (χ4v) is 2.89. The molecule has 0 unspecified atom stereocenters. The summed E-state index contributed by atoms with van der Waals surface area (Å²) in [6, 6.07) is 11.9. The first kappa shape index (κ1) is 36.7. The minimum atomic E-state index is -3.91. The molecule has 1 heterocycles. The van der Waals surface area contributed by atoms with E-state index in [0.29, 0.717) is 16.8 Å². The van der Waals surface area contributed by atoms with Gasteiger partial charge in [-0.15, -0.1) is 0 Å². The van der Waals surface area contributed by atoms with E-state index in [1.807, 2.05) is 0 Å². The quantitative estimate of drug-likeness (QED) is 0.304. The Morgan fingerprint density at radius 2 is 1.43 bits per heavy atom. The molecule has 0 aliphatic carbocycles. The van der Waals surface area contributed by atoms with E-state index in [-0.39, 0.29) is 29.4 Å². The molecule has 10 nitrogen and oxygen atoms in total. The van der Waals surface area contributed by atoms with Gasteiger partial charge in [0.2, 0.25) is 10.0 Å². The summed E-state index contributed by atoms with van der Waals surface area (Å²) in [6.07, 6.45) is 2.45. The Balaban J connectivity index is -0.000000673. The molecule has 196 valence electrons. The summed E-state index contributed by atoms with van der Waals surface area (Å²) in [5.74, 6) is -0.116. The number of primary amides is 2. The number of thiol groups is 2. The number of aromatic nitrogens is 1. The molecule has 0 aliphatic rings. The lowest BCUT2D eigenvalue weighted by molar-refractivity contribution is 0.266. The van der Waals surface area contributed by atoms with E-state index in [2.05, 4.69) is 55.6 Å². The maximum atomic E-state index is 13.0. The standard InChI is InChI=1S/C15H11FN2O3S.C3H8.2CH3NOS.CH4.H2O/c16-11-7-5-10(6-8-11)14-15(21-9-18-14)12-3-1-2-4-13(12)22(17,19)20;1-3-2;2*2-1(3)4;;/h1-9H,(H2,17,19,20);3H2,1-2H3;2*(H3,2,3,4);1H4;1H2. The van der Waals surface area contributed by atoms with Crippen molar-refractivity contribution in [2.75, 3.05) is 0 Å². The largest absolute Gasteiger partial charge is 0.443 e. The second-order valence-electron chi connectivity index (χ2n) is 5.96. The van der Waals surface area contributed by atoms with Crippen molar-refractivity contribution in [2.45, 2.75) is 32.6 Å². The van der Waals surface area contributed by atoms with Crippen LogP contribution in [0.2, 0.25) is 0 Å². The number of primary sulfonamides is 1. The molecule has 2 aromatic carbocycles. The van der Waals surface area contributed by atoms with Gasteiger partial charge in [0.25, 0.3) is 10.5 Å². The molecule has 0 radical (unpaired) electrons. The fraction of sp³-hybridized carbons (Fsp3) is 0.190. The maximum Gasteiger partial charge on any atom is 0.273 e. The van der Waals surface area contributed by atoms with Crippen molar-refractivity contribution in [3.63, 3.8) is 0 Å². The highest BCUT2D eigenvalue weighted by Crippen LogP contribution is 2.34. The van der Waals surface area contributed by atoms with E-state index in [4.69, 9.17) is 19.1 Å². The third-order valence-electron chi connectivity index (χ3n) is 3.12. The van der Waals surface area contributed by atoms with Crippen LogP contribution in [0.5, 0.6) is 0 Å². The number of nitrogens with two attached hydrogens (primary N) is 3. The number of rotatable bonds is 3. The number of carbonyl (C=O) groups is 2. The van der Waals surface area contributed by atoms with Crippen LogP contribution in [0.3, 0.4) is 0 Å². The molecular weight excluding hydrogens is 519 g/mol. The molecule has 8 N–H and O–H groups in total. The van der Waals surface area contributed by atoms with Gasteiger partial charge in [0.15, 0.2) is 12.2 Å². The van der Waals surface area contributed by atoms with Crippen molar-refractivity contribution in [1.29, 1.82) is 0 Å². The number of benzene rings is 2. The summed E-state index contributed by atoms with van der Waals surface area (Å²) in [5, 5.41) is 3.96. The first-order valence-corrected chi connectivity index (χ1v) is 11.6. The monoisotopic (exact) mass is 550 g/mol. The molecule has 35 heavy (non-hydrogen) atoms. The normalized spacial score (nSPS) is 9.20.